The number of hydrogen-bond acceptors (Lipinski definition) is 3. The van der Waals surface area contributed by atoms with Crippen LogP contribution in [0, 0.1) is 6.92 Å². The minimum atomic E-state index is -3.42. The normalized spacial score (nSPS) is 27.4. The van der Waals surface area contributed by atoms with E-state index in [4.69, 9.17) is 4.74 Å². The number of fused-ring (bicyclic) bond motifs is 2. The van der Waals surface area contributed by atoms with E-state index < -0.39 is 10.0 Å². The summed E-state index contributed by atoms with van der Waals surface area (Å²) < 4.78 is 33.4. The molecule has 2 atom stereocenters. The van der Waals surface area contributed by atoms with Crippen LogP contribution in [0.4, 0.5) is 0 Å². The van der Waals surface area contributed by atoms with Crippen molar-refractivity contribution in [2.45, 2.75) is 62.4 Å². The number of piperidine rings is 1. The second-order valence-electron chi connectivity index (χ2n) is 6.97. The van der Waals surface area contributed by atoms with Crippen LogP contribution in [0.2, 0.25) is 0 Å². The fraction of sp³-hybridized carbons (Fsp3) is 0.556. The van der Waals surface area contributed by atoms with Gasteiger partial charge in [0, 0.05) is 12.1 Å². The topological polar surface area (TPSA) is 46.6 Å². The second-order valence-corrected chi connectivity index (χ2v) is 8.81. The van der Waals surface area contributed by atoms with Crippen LogP contribution in [-0.2, 0) is 10.0 Å². The zero-order valence-electron chi connectivity index (χ0n) is 13.7. The molecule has 1 saturated carbocycles. The van der Waals surface area contributed by atoms with Gasteiger partial charge in [-0.05, 0) is 69.2 Å². The summed E-state index contributed by atoms with van der Waals surface area (Å²) in [6.45, 7) is 1.89. The zero-order valence-corrected chi connectivity index (χ0v) is 14.5. The van der Waals surface area contributed by atoms with Crippen LogP contribution in [0.3, 0.4) is 0 Å². The number of allylic oxidation sites excluding steroid dienone is 1. The van der Waals surface area contributed by atoms with E-state index in [1.165, 1.54) is 12.8 Å². The Bertz CT molecular complexity index is 759. The molecule has 0 amide bonds. The molecule has 4 nitrogen and oxygen atoms in total. The van der Waals surface area contributed by atoms with Crippen LogP contribution in [0.5, 0.6) is 5.75 Å². The Morgan fingerprint density at radius 1 is 1.09 bits per heavy atom. The van der Waals surface area contributed by atoms with Crippen molar-refractivity contribution in [3.05, 3.63) is 34.9 Å². The number of rotatable bonds is 3. The predicted octanol–water partition coefficient (Wildman–Crippen LogP) is 3.41. The first-order valence-corrected chi connectivity index (χ1v) is 9.82. The molecule has 0 aromatic heterocycles. The fourth-order valence-electron chi connectivity index (χ4n) is 4.20. The molecule has 1 aromatic rings. The summed E-state index contributed by atoms with van der Waals surface area (Å²) in [4.78, 5) is 0.398. The average molecular weight is 333 g/mol. The van der Waals surface area contributed by atoms with E-state index in [9.17, 15) is 8.42 Å². The van der Waals surface area contributed by atoms with Crippen molar-refractivity contribution in [3.8, 4) is 5.75 Å². The SMILES string of the molecule is COc1ccc(S(=O)(=O)N2C3CCC2CC(=C2CC2)C3)cc1C. The summed E-state index contributed by atoms with van der Waals surface area (Å²) >= 11 is 0. The summed E-state index contributed by atoms with van der Waals surface area (Å²) in [7, 11) is -1.81. The number of hydrogen-bond donors (Lipinski definition) is 0. The maximum absolute atomic E-state index is 13.2. The number of aryl methyl sites for hydroxylation is 1. The first-order chi connectivity index (χ1) is 11.0. The van der Waals surface area contributed by atoms with E-state index in [0.717, 1.165) is 37.0 Å². The summed E-state index contributed by atoms with van der Waals surface area (Å²) in [6, 6.07) is 5.48. The molecule has 2 saturated heterocycles. The standard InChI is InChI=1S/C18H23NO3S/c1-12-9-17(7-8-18(12)22-2)23(20,21)19-15-5-6-16(19)11-14(10-15)13-3-4-13/h7-9,15-16H,3-6,10-11H2,1-2H3. The molecular formula is C18H23NO3S. The highest BCUT2D eigenvalue weighted by molar-refractivity contribution is 7.89. The van der Waals surface area contributed by atoms with E-state index in [0.29, 0.717) is 4.90 Å². The third-order valence-electron chi connectivity index (χ3n) is 5.46. The van der Waals surface area contributed by atoms with Gasteiger partial charge in [-0.25, -0.2) is 8.42 Å². The second kappa shape index (κ2) is 5.35. The van der Waals surface area contributed by atoms with Crippen LogP contribution in [0.25, 0.3) is 0 Å². The van der Waals surface area contributed by atoms with Gasteiger partial charge in [0.2, 0.25) is 10.0 Å². The molecule has 2 aliphatic heterocycles. The van der Waals surface area contributed by atoms with E-state index in [-0.39, 0.29) is 12.1 Å². The van der Waals surface area contributed by atoms with Gasteiger partial charge in [-0.15, -0.1) is 0 Å². The molecule has 2 unspecified atom stereocenters. The number of sulfonamides is 1. The van der Waals surface area contributed by atoms with Gasteiger partial charge < -0.3 is 4.74 Å². The number of benzene rings is 1. The molecule has 4 rings (SSSR count). The third kappa shape index (κ3) is 2.50. The van der Waals surface area contributed by atoms with Gasteiger partial charge in [0.25, 0.3) is 0 Å². The van der Waals surface area contributed by atoms with Gasteiger partial charge in [0.1, 0.15) is 5.75 Å². The number of methoxy groups -OCH3 is 1. The van der Waals surface area contributed by atoms with Gasteiger partial charge >= 0.3 is 0 Å². The first-order valence-electron chi connectivity index (χ1n) is 8.38. The largest absolute Gasteiger partial charge is 0.496 e. The molecule has 0 spiro atoms. The summed E-state index contributed by atoms with van der Waals surface area (Å²) in [5.74, 6) is 0.728. The lowest BCUT2D eigenvalue weighted by molar-refractivity contribution is 0.284. The van der Waals surface area contributed by atoms with Gasteiger partial charge in [-0.2, -0.15) is 4.31 Å². The van der Waals surface area contributed by atoms with Crippen LogP contribution in [0.15, 0.2) is 34.2 Å². The Hall–Kier alpha value is -1.33. The minimum absolute atomic E-state index is 0.157. The molecular weight excluding hydrogens is 310 g/mol. The van der Waals surface area contributed by atoms with Crippen LogP contribution >= 0.6 is 0 Å². The van der Waals surface area contributed by atoms with Crippen molar-refractivity contribution in [1.29, 1.82) is 0 Å². The minimum Gasteiger partial charge on any atom is -0.496 e. The molecule has 3 fully saturated rings. The van der Waals surface area contributed by atoms with Crippen molar-refractivity contribution in [3.63, 3.8) is 0 Å². The highest BCUT2D eigenvalue weighted by atomic mass is 32.2. The van der Waals surface area contributed by atoms with Crippen LogP contribution < -0.4 is 4.74 Å². The quantitative estimate of drug-likeness (QED) is 0.796. The lowest BCUT2D eigenvalue weighted by Crippen LogP contribution is -2.44. The van der Waals surface area contributed by atoms with E-state index >= 15 is 0 Å². The Morgan fingerprint density at radius 2 is 1.74 bits per heavy atom. The molecule has 1 aliphatic carbocycles. The van der Waals surface area contributed by atoms with Crippen molar-refractivity contribution < 1.29 is 13.2 Å². The highest BCUT2D eigenvalue weighted by Crippen LogP contribution is 2.46. The van der Waals surface area contributed by atoms with E-state index in [1.54, 1.807) is 40.8 Å². The van der Waals surface area contributed by atoms with Crippen molar-refractivity contribution in [2.24, 2.45) is 0 Å². The van der Waals surface area contributed by atoms with Crippen LogP contribution in [0.1, 0.15) is 44.1 Å². The molecule has 3 aliphatic rings. The Balaban J connectivity index is 1.67. The predicted molar refractivity (Wildman–Crippen MR) is 89.1 cm³/mol. The molecule has 23 heavy (non-hydrogen) atoms. The summed E-state index contributed by atoms with van der Waals surface area (Å²) in [6.07, 6.45) is 6.35. The van der Waals surface area contributed by atoms with Crippen molar-refractivity contribution >= 4 is 10.0 Å². The van der Waals surface area contributed by atoms with Gasteiger partial charge in [0.15, 0.2) is 0 Å². The Kier molecular flexibility index (Phi) is 3.54. The van der Waals surface area contributed by atoms with Crippen molar-refractivity contribution in [1.82, 2.24) is 4.31 Å². The van der Waals surface area contributed by atoms with Gasteiger partial charge in [-0.1, -0.05) is 11.1 Å². The molecule has 1 aromatic carbocycles. The highest BCUT2D eigenvalue weighted by Gasteiger charge is 2.46. The molecule has 124 valence electrons. The lowest BCUT2D eigenvalue weighted by atomic mass is 9.98. The summed E-state index contributed by atoms with van der Waals surface area (Å²) in [5.41, 5.74) is 4.01. The molecule has 2 heterocycles. The average Bonchev–Trinajstić information content (AvgIpc) is 3.32. The van der Waals surface area contributed by atoms with E-state index in [1.807, 2.05) is 6.92 Å². The fourth-order valence-corrected chi connectivity index (χ4v) is 6.16. The monoisotopic (exact) mass is 333 g/mol. The van der Waals surface area contributed by atoms with E-state index in [2.05, 4.69) is 0 Å². The number of ether oxygens (including phenoxy) is 1. The molecule has 2 bridgehead atoms. The molecule has 0 N–H and O–H groups in total. The maximum Gasteiger partial charge on any atom is 0.243 e. The zero-order chi connectivity index (χ0) is 16.2. The lowest BCUT2D eigenvalue weighted by Gasteiger charge is -2.35. The van der Waals surface area contributed by atoms with Crippen molar-refractivity contribution in [2.75, 3.05) is 7.11 Å². The first kappa shape index (κ1) is 15.2. The Labute approximate surface area is 138 Å². The third-order valence-corrected chi connectivity index (χ3v) is 7.46. The summed E-state index contributed by atoms with van der Waals surface area (Å²) in [5, 5.41) is 0. The maximum atomic E-state index is 13.2. The smallest absolute Gasteiger partial charge is 0.243 e. The molecule has 0 radical (unpaired) electrons. The number of nitrogens with zero attached hydrogens (tertiary/aromatic N) is 1. The Morgan fingerprint density at radius 3 is 2.26 bits per heavy atom. The van der Waals surface area contributed by atoms with Crippen LogP contribution in [-0.4, -0.2) is 31.9 Å². The molecule has 5 heteroatoms. The van der Waals surface area contributed by atoms with Gasteiger partial charge in [0.05, 0.1) is 12.0 Å². The van der Waals surface area contributed by atoms with Gasteiger partial charge in [-0.3, -0.25) is 0 Å².